The first kappa shape index (κ1) is 16.6. The summed E-state index contributed by atoms with van der Waals surface area (Å²) in [7, 11) is 0. The minimum absolute atomic E-state index is 0.416. The number of furan rings is 1. The van der Waals surface area contributed by atoms with Crippen LogP contribution in [-0.2, 0) is 17.9 Å². The molecule has 0 saturated heterocycles. The van der Waals surface area contributed by atoms with Gasteiger partial charge in [0.2, 0.25) is 0 Å². The molecule has 2 atom stereocenters. The molecule has 1 fully saturated rings. The fourth-order valence-corrected chi connectivity index (χ4v) is 3.42. The average molecular weight is 293 g/mol. The van der Waals surface area contributed by atoms with Crippen molar-refractivity contribution in [3.8, 4) is 0 Å². The zero-order chi connectivity index (χ0) is 15.2. The molecule has 21 heavy (non-hydrogen) atoms. The monoisotopic (exact) mass is 293 g/mol. The molecule has 1 aliphatic carbocycles. The van der Waals surface area contributed by atoms with Gasteiger partial charge < -0.3 is 14.5 Å². The van der Waals surface area contributed by atoms with Crippen LogP contribution in [0.2, 0.25) is 0 Å². The smallest absolute Gasteiger partial charge is 0.118 e. The first-order chi connectivity index (χ1) is 10.1. The summed E-state index contributed by atoms with van der Waals surface area (Å²) in [5.41, 5.74) is 1.20. The highest BCUT2D eigenvalue weighted by Gasteiger charge is 2.24. The summed E-state index contributed by atoms with van der Waals surface area (Å²) in [6.45, 7) is 11.4. The SMILES string of the molecule is CCCNCc1cc(COC2CC(C)CC(C)C2)c(C)o1. The Labute approximate surface area is 129 Å². The molecule has 1 aromatic rings. The highest BCUT2D eigenvalue weighted by molar-refractivity contribution is 5.20. The van der Waals surface area contributed by atoms with Crippen LogP contribution in [-0.4, -0.2) is 12.6 Å². The van der Waals surface area contributed by atoms with E-state index in [1.807, 2.05) is 6.92 Å². The summed E-state index contributed by atoms with van der Waals surface area (Å²) >= 11 is 0. The Bertz CT molecular complexity index is 417. The van der Waals surface area contributed by atoms with Crippen molar-refractivity contribution in [1.82, 2.24) is 5.32 Å². The Hall–Kier alpha value is -0.800. The number of hydrogen-bond donors (Lipinski definition) is 1. The second kappa shape index (κ2) is 8.00. The van der Waals surface area contributed by atoms with E-state index in [2.05, 4.69) is 32.2 Å². The lowest BCUT2D eigenvalue weighted by Crippen LogP contribution is -2.26. The van der Waals surface area contributed by atoms with E-state index in [1.54, 1.807) is 0 Å². The van der Waals surface area contributed by atoms with Crippen LogP contribution in [0.1, 0.15) is 63.5 Å². The van der Waals surface area contributed by atoms with Gasteiger partial charge in [-0.3, -0.25) is 0 Å². The second-order valence-corrected chi connectivity index (χ2v) is 6.82. The van der Waals surface area contributed by atoms with E-state index >= 15 is 0 Å². The molecule has 1 N–H and O–H groups in total. The molecule has 3 heteroatoms. The Kier molecular flexibility index (Phi) is 6.31. The van der Waals surface area contributed by atoms with E-state index in [1.165, 1.54) is 24.8 Å². The number of rotatable bonds is 7. The normalized spacial score (nSPS) is 26.2. The fourth-order valence-electron chi connectivity index (χ4n) is 3.42. The van der Waals surface area contributed by atoms with Crippen LogP contribution in [0.25, 0.3) is 0 Å². The molecule has 0 radical (unpaired) electrons. The van der Waals surface area contributed by atoms with Crippen molar-refractivity contribution >= 4 is 0 Å². The lowest BCUT2D eigenvalue weighted by atomic mass is 9.82. The maximum atomic E-state index is 6.15. The number of hydrogen-bond acceptors (Lipinski definition) is 3. The summed E-state index contributed by atoms with van der Waals surface area (Å²) in [5, 5.41) is 3.37. The van der Waals surface area contributed by atoms with Crippen molar-refractivity contribution < 1.29 is 9.15 Å². The molecule has 3 nitrogen and oxygen atoms in total. The summed E-state index contributed by atoms with van der Waals surface area (Å²) in [6.07, 6.45) is 5.31. The van der Waals surface area contributed by atoms with Gasteiger partial charge >= 0.3 is 0 Å². The van der Waals surface area contributed by atoms with Crippen LogP contribution in [0.15, 0.2) is 10.5 Å². The largest absolute Gasteiger partial charge is 0.465 e. The van der Waals surface area contributed by atoms with E-state index in [9.17, 15) is 0 Å². The summed E-state index contributed by atoms with van der Waals surface area (Å²) in [6, 6.07) is 2.15. The Morgan fingerprint density at radius 1 is 1.24 bits per heavy atom. The number of ether oxygens (including phenoxy) is 1. The molecule has 0 bridgehead atoms. The Morgan fingerprint density at radius 3 is 2.62 bits per heavy atom. The van der Waals surface area contributed by atoms with Crippen LogP contribution >= 0.6 is 0 Å². The highest BCUT2D eigenvalue weighted by atomic mass is 16.5. The van der Waals surface area contributed by atoms with Crippen molar-refractivity contribution in [1.29, 1.82) is 0 Å². The van der Waals surface area contributed by atoms with Crippen molar-refractivity contribution in [3.63, 3.8) is 0 Å². The van der Waals surface area contributed by atoms with Gasteiger partial charge in [-0.1, -0.05) is 20.8 Å². The van der Waals surface area contributed by atoms with Crippen molar-refractivity contribution in [3.05, 3.63) is 23.2 Å². The molecule has 2 unspecified atom stereocenters. The first-order valence-corrected chi connectivity index (χ1v) is 8.49. The van der Waals surface area contributed by atoms with Crippen molar-refractivity contribution in [2.45, 2.75) is 72.6 Å². The zero-order valence-electron chi connectivity index (χ0n) is 14.1. The Morgan fingerprint density at radius 2 is 1.95 bits per heavy atom. The van der Waals surface area contributed by atoms with Gasteiger partial charge in [-0.2, -0.15) is 0 Å². The van der Waals surface area contributed by atoms with E-state index in [4.69, 9.17) is 9.15 Å². The maximum Gasteiger partial charge on any atom is 0.118 e. The minimum atomic E-state index is 0.416. The third kappa shape index (κ3) is 5.15. The molecular weight excluding hydrogens is 262 g/mol. The molecule has 1 aromatic heterocycles. The van der Waals surface area contributed by atoms with Gasteiger partial charge in [-0.05, 0) is 57.1 Å². The van der Waals surface area contributed by atoms with E-state index < -0.39 is 0 Å². The maximum absolute atomic E-state index is 6.15. The second-order valence-electron chi connectivity index (χ2n) is 6.82. The third-order valence-electron chi connectivity index (χ3n) is 4.41. The van der Waals surface area contributed by atoms with Crippen LogP contribution in [0.5, 0.6) is 0 Å². The number of nitrogens with one attached hydrogen (secondary N) is 1. The van der Waals surface area contributed by atoms with Crippen LogP contribution < -0.4 is 5.32 Å². The van der Waals surface area contributed by atoms with Crippen molar-refractivity contribution in [2.24, 2.45) is 11.8 Å². The molecule has 0 spiro atoms. The van der Waals surface area contributed by atoms with Gasteiger partial charge in [0, 0.05) is 5.56 Å². The highest BCUT2D eigenvalue weighted by Crippen LogP contribution is 2.31. The fraction of sp³-hybridized carbons (Fsp3) is 0.778. The lowest BCUT2D eigenvalue weighted by molar-refractivity contribution is -0.00954. The van der Waals surface area contributed by atoms with Gasteiger partial charge in [-0.25, -0.2) is 0 Å². The quantitative estimate of drug-likeness (QED) is 0.755. The summed E-state index contributed by atoms with van der Waals surface area (Å²) in [4.78, 5) is 0. The van der Waals surface area contributed by atoms with Crippen LogP contribution in [0.4, 0.5) is 0 Å². The predicted molar refractivity (Wildman–Crippen MR) is 86.2 cm³/mol. The molecule has 1 saturated carbocycles. The van der Waals surface area contributed by atoms with Gasteiger partial charge in [0.15, 0.2) is 0 Å². The van der Waals surface area contributed by atoms with E-state index in [-0.39, 0.29) is 0 Å². The molecular formula is C18H31NO2. The van der Waals surface area contributed by atoms with Gasteiger partial charge in [-0.15, -0.1) is 0 Å². The number of aryl methyl sites for hydroxylation is 1. The lowest BCUT2D eigenvalue weighted by Gasteiger charge is -2.31. The summed E-state index contributed by atoms with van der Waals surface area (Å²) < 4.78 is 12.0. The zero-order valence-corrected chi connectivity index (χ0v) is 14.1. The van der Waals surface area contributed by atoms with Gasteiger partial charge in [0.1, 0.15) is 11.5 Å². The molecule has 0 aliphatic heterocycles. The molecule has 0 aromatic carbocycles. The third-order valence-corrected chi connectivity index (χ3v) is 4.41. The molecule has 0 amide bonds. The topological polar surface area (TPSA) is 34.4 Å². The standard InChI is InChI=1S/C18H31NO2/c1-5-6-19-11-18-10-16(15(4)21-18)12-20-17-8-13(2)7-14(3)9-17/h10,13-14,17,19H,5-9,11-12H2,1-4H3. The van der Waals surface area contributed by atoms with Gasteiger partial charge in [0.25, 0.3) is 0 Å². The minimum Gasteiger partial charge on any atom is -0.465 e. The van der Waals surface area contributed by atoms with Gasteiger partial charge in [0.05, 0.1) is 19.3 Å². The molecule has 120 valence electrons. The van der Waals surface area contributed by atoms with E-state index in [0.717, 1.165) is 42.9 Å². The molecule has 2 rings (SSSR count). The molecule has 1 aliphatic rings. The first-order valence-electron chi connectivity index (χ1n) is 8.49. The van der Waals surface area contributed by atoms with Crippen LogP contribution in [0, 0.1) is 18.8 Å². The van der Waals surface area contributed by atoms with Crippen molar-refractivity contribution in [2.75, 3.05) is 6.54 Å². The predicted octanol–water partition coefficient (Wildman–Crippen LogP) is 4.43. The average Bonchev–Trinajstić information content (AvgIpc) is 2.76. The van der Waals surface area contributed by atoms with E-state index in [0.29, 0.717) is 12.7 Å². The summed E-state index contributed by atoms with van der Waals surface area (Å²) in [5.74, 6) is 3.60. The van der Waals surface area contributed by atoms with Crippen LogP contribution in [0.3, 0.4) is 0 Å². The Balaban J connectivity index is 1.82. The molecule has 1 heterocycles.